The quantitative estimate of drug-likeness (QED) is 0.660. The molecule has 118 valence electrons. The normalized spacial score (nSPS) is 18.0. The van der Waals surface area contributed by atoms with Crippen LogP contribution in [0.2, 0.25) is 0 Å². The third kappa shape index (κ3) is 3.28. The number of ether oxygens (including phenoxy) is 1. The van der Waals surface area contributed by atoms with Crippen LogP contribution in [-0.4, -0.2) is 21.8 Å². The molecule has 0 aliphatic heterocycles. The first kappa shape index (κ1) is 16.5. The second-order valence-corrected chi connectivity index (χ2v) is 6.37. The highest BCUT2D eigenvalue weighted by molar-refractivity contribution is 7.80. The van der Waals surface area contributed by atoms with Gasteiger partial charge in [0.05, 0.1) is 18.4 Å². The lowest BCUT2D eigenvalue weighted by atomic mass is 9.72. The Balaban J connectivity index is 2.69. The van der Waals surface area contributed by atoms with Crippen molar-refractivity contribution in [2.45, 2.75) is 20.3 Å². The monoisotopic (exact) mass is 321 g/mol. The van der Waals surface area contributed by atoms with Gasteiger partial charge in [-0.2, -0.15) is 0 Å². The number of anilines is 1. The van der Waals surface area contributed by atoms with E-state index in [1.165, 1.54) is 7.11 Å². The molecule has 1 unspecified atom stereocenters. The number of carbonyl (C=O) groups excluding carboxylic acids is 1. The van der Waals surface area contributed by atoms with Crippen molar-refractivity contribution in [2.24, 2.45) is 5.41 Å². The van der Waals surface area contributed by atoms with Gasteiger partial charge in [0.15, 0.2) is 0 Å². The average molecular weight is 321 g/mol. The lowest BCUT2D eigenvalue weighted by molar-refractivity contribution is -0.135. The van der Waals surface area contributed by atoms with Gasteiger partial charge in [0, 0.05) is 5.56 Å². The molecular formula is C16H19NO4S. The minimum atomic E-state index is -2.19. The molecule has 0 radical (unpaired) electrons. The second-order valence-electron chi connectivity index (χ2n) is 5.67. The topological polar surface area (TPSA) is 75.6 Å². The number of benzene rings is 1. The van der Waals surface area contributed by atoms with E-state index in [1.54, 1.807) is 18.2 Å². The van der Waals surface area contributed by atoms with E-state index in [9.17, 15) is 9.00 Å². The number of hydrogen-bond acceptors (Lipinski definition) is 3. The van der Waals surface area contributed by atoms with Gasteiger partial charge in [0.1, 0.15) is 0 Å². The molecule has 0 aromatic heterocycles. The van der Waals surface area contributed by atoms with Gasteiger partial charge in [-0.25, -0.2) is 9.00 Å². The minimum absolute atomic E-state index is 0.299. The first-order valence-electron chi connectivity index (χ1n) is 6.83. The van der Waals surface area contributed by atoms with Crippen LogP contribution in [0.15, 0.2) is 42.0 Å². The van der Waals surface area contributed by atoms with E-state index in [0.717, 1.165) is 17.6 Å². The third-order valence-electron chi connectivity index (χ3n) is 3.66. The van der Waals surface area contributed by atoms with Gasteiger partial charge < -0.3 is 4.74 Å². The van der Waals surface area contributed by atoms with E-state index in [1.807, 2.05) is 32.1 Å². The van der Waals surface area contributed by atoms with Crippen LogP contribution in [0.4, 0.5) is 5.69 Å². The van der Waals surface area contributed by atoms with Crippen LogP contribution in [0.3, 0.4) is 0 Å². The zero-order valence-corrected chi connectivity index (χ0v) is 13.6. The number of para-hydroxylation sites is 1. The fraction of sp³-hybridized carbons (Fsp3) is 0.312. The van der Waals surface area contributed by atoms with Gasteiger partial charge in [0.25, 0.3) is 11.3 Å². The molecule has 5 nitrogen and oxygen atoms in total. The predicted molar refractivity (Wildman–Crippen MR) is 87.3 cm³/mol. The van der Waals surface area contributed by atoms with Gasteiger partial charge >= 0.3 is 5.97 Å². The summed E-state index contributed by atoms with van der Waals surface area (Å²) in [6.07, 6.45) is 4.45. The van der Waals surface area contributed by atoms with Gasteiger partial charge in [0.2, 0.25) is 0 Å². The summed E-state index contributed by atoms with van der Waals surface area (Å²) in [6, 6.07) is 7.13. The van der Waals surface area contributed by atoms with Gasteiger partial charge in [-0.05, 0) is 23.5 Å². The fourth-order valence-corrected chi connectivity index (χ4v) is 3.06. The molecule has 1 aromatic carbocycles. The Hall–Kier alpha value is -1.92. The summed E-state index contributed by atoms with van der Waals surface area (Å²) >= 11 is -2.19. The summed E-state index contributed by atoms with van der Waals surface area (Å²) in [6.45, 7) is 4.06. The third-order valence-corrected chi connectivity index (χ3v) is 4.05. The van der Waals surface area contributed by atoms with E-state index >= 15 is 0 Å². The van der Waals surface area contributed by atoms with Gasteiger partial charge in [-0.15, -0.1) is 0 Å². The Morgan fingerprint density at radius 3 is 2.68 bits per heavy atom. The molecule has 1 aliphatic rings. The lowest BCUT2D eigenvalue weighted by Crippen LogP contribution is -2.22. The van der Waals surface area contributed by atoms with E-state index < -0.39 is 17.2 Å². The fourth-order valence-electron chi connectivity index (χ4n) is 2.70. The number of carbonyl (C=O) groups is 1. The van der Waals surface area contributed by atoms with Crippen LogP contribution in [0, 0.1) is 5.41 Å². The maximum atomic E-state index is 12.1. The molecule has 0 bridgehead atoms. The second kappa shape index (κ2) is 6.46. The molecule has 2 N–H and O–H groups in total. The summed E-state index contributed by atoms with van der Waals surface area (Å²) < 4.78 is 27.6. The summed E-state index contributed by atoms with van der Waals surface area (Å²) in [5.41, 5.74) is 2.20. The maximum Gasteiger partial charge on any atom is 0.338 e. The number of esters is 1. The largest absolute Gasteiger partial charge is 0.465 e. The first-order chi connectivity index (χ1) is 10.4. The van der Waals surface area contributed by atoms with Crippen molar-refractivity contribution in [3.8, 4) is 0 Å². The summed E-state index contributed by atoms with van der Waals surface area (Å²) in [7, 11) is 1.34. The van der Waals surface area contributed by atoms with Crippen LogP contribution >= 0.6 is 0 Å². The highest BCUT2D eigenvalue weighted by Gasteiger charge is 2.32. The predicted octanol–water partition coefficient (Wildman–Crippen LogP) is 3.15. The van der Waals surface area contributed by atoms with Crippen LogP contribution in [0.1, 0.15) is 25.8 Å². The summed E-state index contributed by atoms with van der Waals surface area (Å²) in [4.78, 5) is 12.1. The van der Waals surface area contributed by atoms with Crippen LogP contribution in [0.5, 0.6) is 0 Å². The minimum Gasteiger partial charge on any atom is -0.465 e. The Kier molecular flexibility index (Phi) is 4.83. The molecule has 0 spiro atoms. The molecule has 22 heavy (non-hydrogen) atoms. The van der Waals surface area contributed by atoms with Crippen LogP contribution < -0.4 is 4.72 Å². The van der Waals surface area contributed by atoms with Gasteiger partial charge in [-0.3, -0.25) is 9.27 Å². The number of allylic oxidation sites excluding steroid dienone is 2. The molecule has 0 fully saturated rings. The van der Waals surface area contributed by atoms with Gasteiger partial charge in [-0.1, -0.05) is 44.2 Å². The molecule has 1 atom stereocenters. The van der Waals surface area contributed by atoms with Crippen molar-refractivity contribution in [1.29, 1.82) is 0 Å². The van der Waals surface area contributed by atoms with E-state index in [4.69, 9.17) is 9.29 Å². The lowest BCUT2D eigenvalue weighted by Gasteiger charge is -2.32. The van der Waals surface area contributed by atoms with Crippen molar-refractivity contribution in [3.05, 3.63) is 47.6 Å². The average Bonchev–Trinajstić information content (AvgIpc) is 2.45. The Labute approximate surface area is 132 Å². The number of hydrogen-bond donors (Lipinski definition) is 2. The summed E-state index contributed by atoms with van der Waals surface area (Å²) in [5, 5.41) is 0. The molecule has 0 amide bonds. The maximum absolute atomic E-state index is 12.1. The van der Waals surface area contributed by atoms with Crippen LogP contribution in [-0.2, 0) is 20.8 Å². The Bertz CT molecular complexity index is 676. The van der Waals surface area contributed by atoms with E-state index in [-0.39, 0.29) is 5.41 Å². The highest BCUT2D eigenvalue weighted by Crippen LogP contribution is 2.45. The van der Waals surface area contributed by atoms with Crippen molar-refractivity contribution in [3.63, 3.8) is 0 Å². The molecule has 0 heterocycles. The molecule has 0 saturated heterocycles. The van der Waals surface area contributed by atoms with Crippen molar-refractivity contribution in [2.75, 3.05) is 11.8 Å². The summed E-state index contributed by atoms with van der Waals surface area (Å²) in [5.74, 6) is -0.418. The number of nitrogens with one attached hydrogen (secondary N) is 1. The molecule has 2 rings (SSSR count). The first-order valence-corrected chi connectivity index (χ1v) is 7.94. The van der Waals surface area contributed by atoms with Crippen LogP contribution in [0.25, 0.3) is 5.57 Å². The number of methoxy groups -OCH3 is 1. The molecule has 1 aliphatic carbocycles. The Morgan fingerprint density at radius 1 is 1.36 bits per heavy atom. The van der Waals surface area contributed by atoms with E-state index in [0.29, 0.717) is 11.3 Å². The van der Waals surface area contributed by atoms with Crippen molar-refractivity contribution < 1.29 is 18.3 Å². The highest BCUT2D eigenvalue weighted by atomic mass is 32.2. The number of rotatable bonds is 4. The SMILES string of the molecule is COC(=O)C1=C(c2ccccc2NS(=O)O)C(C)(C)CC=C1. The standard InChI is InChI=1S/C16H19NO4S/c1-16(2)10-6-8-12(15(18)21-3)14(16)11-7-4-5-9-13(11)17-22(19)20/h4-9,17H,10H2,1-3H3,(H,19,20). The molecule has 6 heteroatoms. The zero-order valence-electron chi connectivity index (χ0n) is 12.8. The zero-order chi connectivity index (χ0) is 16.3. The molecule has 1 aromatic rings. The smallest absolute Gasteiger partial charge is 0.338 e. The van der Waals surface area contributed by atoms with E-state index in [2.05, 4.69) is 4.72 Å². The Morgan fingerprint density at radius 2 is 2.05 bits per heavy atom. The molecule has 0 saturated carbocycles. The molecular weight excluding hydrogens is 302 g/mol. The van der Waals surface area contributed by atoms with Crippen molar-refractivity contribution >= 4 is 28.5 Å². The van der Waals surface area contributed by atoms with Crippen molar-refractivity contribution in [1.82, 2.24) is 0 Å².